The first-order valence-corrected chi connectivity index (χ1v) is 4.35. The van der Waals surface area contributed by atoms with Crippen LogP contribution in [-0.4, -0.2) is 10.2 Å². The van der Waals surface area contributed by atoms with Crippen molar-refractivity contribution in [2.45, 2.75) is 6.42 Å². The monoisotopic (exact) mass is 168 g/mol. The molecule has 0 amide bonds. The predicted molar refractivity (Wildman–Crippen MR) is 52.3 cm³/mol. The Balaban J connectivity index is 2.56. The van der Waals surface area contributed by atoms with Crippen molar-refractivity contribution >= 4 is 16.8 Å². The Hall–Kier alpha value is -1.70. The topological polar surface area (TPSA) is 25.8 Å². The summed E-state index contributed by atoms with van der Waals surface area (Å²) in [4.78, 5) is 0. The van der Waals surface area contributed by atoms with E-state index in [2.05, 4.69) is 40.5 Å². The smallest absolute Gasteiger partial charge is 0.0753 e. The van der Waals surface area contributed by atoms with Gasteiger partial charge in [0, 0.05) is 17.2 Å². The summed E-state index contributed by atoms with van der Waals surface area (Å²) in [5.74, 6) is 0. The molecule has 0 spiro atoms. The van der Waals surface area contributed by atoms with Gasteiger partial charge < -0.3 is 0 Å². The first-order valence-electron chi connectivity index (χ1n) is 4.35. The molecular weight excluding hydrogens is 160 g/mol. The van der Waals surface area contributed by atoms with Crippen molar-refractivity contribution in [3.05, 3.63) is 41.7 Å². The van der Waals surface area contributed by atoms with Crippen molar-refractivity contribution in [3.8, 4) is 0 Å². The molecule has 1 aliphatic rings. The maximum Gasteiger partial charge on any atom is 0.0753 e. The van der Waals surface area contributed by atoms with E-state index < -0.39 is 0 Å². The van der Waals surface area contributed by atoms with E-state index in [4.69, 9.17) is 0 Å². The number of allylic oxidation sites excluding steroid dienone is 1. The second kappa shape index (κ2) is 2.39. The zero-order chi connectivity index (χ0) is 8.67. The van der Waals surface area contributed by atoms with Gasteiger partial charge in [0.2, 0.25) is 0 Å². The Morgan fingerprint density at radius 3 is 3.23 bits per heavy atom. The molecule has 0 atom stereocenters. The molecule has 0 aliphatic heterocycles. The van der Waals surface area contributed by atoms with Crippen molar-refractivity contribution in [1.82, 2.24) is 10.2 Å². The summed E-state index contributed by atoms with van der Waals surface area (Å²) in [6, 6.07) is 6.25. The Morgan fingerprint density at radius 2 is 2.23 bits per heavy atom. The van der Waals surface area contributed by atoms with E-state index in [-0.39, 0.29) is 0 Å². The highest BCUT2D eigenvalue weighted by Gasteiger charge is 2.08. The minimum Gasteiger partial charge on any atom is -0.158 e. The molecule has 1 aliphatic carbocycles. The minimum absolute atomic E-state index is 0.904. The van der Waals surface area contributed by atoms with Crippen LogP contribution in [0.2, 0.25) is 0 Å². The van der Waals surface area contributed by atoms with Crippen LogP contribution in [-0.2, 0) is 6.42 Å². The van der Waals surface area contributed by atoms with Crippen LogP contribution < -0.4 is 0 Å². The predicted octanol–water partition coefficient (Wildman–Crippen LogP) is 2.20. The zero-order valence-corrected chi connectivity index (χ0v) is 7.07. The summed E-state index contributed by atoms with van der Waals surface area (Å²) in [5.41, 5.74) is 2.35. The summed E-state index contributed by atoms with van der Waals surface area (Å²) >= 11 is 0. The van der Waals surface area contributed by atoms with Crippen LogP contribution in [0, 0.1) is 0 Å². The molecule has 3 rings (SSSR count). The number of hydrogen-bond donors (Lipinski definition) is 0. The molecular formula is C11H8N2. The van der Waals surface area contributed by atoms with E-state index in [1.807, 2.05) is 6.20 Å². The van der Waals surface area contributed by atoms with Crippen LogP contribution in [0.25, 0.3) is 16.8 Å². The number of hydrogen-bond acceptors (Lipinski definition) is 2. The Morgan fingerprint density at radius 1 is 1.23 bits per heavy atom. The van der Waals surface area contributed by atoms with Crippen LogP contribution in [0.5, 0.6) is 0 Å². The summed E-state index contributed by atoms with van der Waals surface area (Å²) in [6.07, 6.45) is 7.01. The van der Waals surface area contributed by atoms with Gasteiger partial charge in [0.05, 0.1) is 11.9 Å². The van der Waals surface area contributed by atoms with Gasteiger partial charge in [-0.05, 0) is 5.56 Å². The molecule has 0 fully saturated rings. The van der Waals surface area contributed by atoms with Gasteiger partial charge >= 0.3 is 0 Å². The van der Waals surface area contributed by atoms with Crippen LogP contribution in [0.1, 0.15) is 11.3 Å². The van der Waals surface area contributed by atoms with Gasteiger partial charge in [0.15, 0.2) is 0 Å². The summed E-state index contributed by atoms with van der Waals surface area (Å²) in [7, 11) is 0. The minimum atomic E-state index is 0.904. The average Bonchev–Trinajstić information content (AvgIpc) is 2.19. The lowest BCUT2D eigenvalue weighted by Crippen LogP contribution is -1.97. The normalized spacial score (nSPS) is 13.5. The molecule has 0 saturated carbocycles. The third kappa shape index (κ3) is 0.886. The lowest BCUT2D eigenvalue weighted by Gasteiger charge is -2.09. The molecule has 62 valence electrons. The van der Waals surface area contributed by atoms with Crippen LogP contribution in [0.3, 0.4) is 0 Å². The fourth-order valence-corrected chi connectivity index (χ4v) is 1.82. The maximum atomic E-state index is 4.14. The Labute approximate surface area is 75.9 Å². The van der Waals surface area contributed by atoms with Gasteiger partial charge in [-0.2, -0.15) is 10.2 Å². The van der Waals surface area contributed by atoms with Gasteiger partial charge in [-0.15, -0.1) is 0 Å². The van der Waals surface area contributed by atoms with Gasteiger partial charge in [-0.25, -0.2) is 0 Å². The highest BCUT2D eigenvalue weighted by molar-refractivity contribution is 5.93. The molecule has 0 saturated heterocycles. The van der Waals surface area contributed by atoms with Crippen molar-refractivity contribution in [2.24, 2.45) is 0 Å². The standard InChI is InChI=1S/C11H8N2/c1-3-8-4-2-6-10-11(8)9(5-1)7-12-13-10/h1-5,7H,6H2. The largest absolute Gasteiger partial charge is 0.158 e. The Bertz CT molecular complexity index is 495. The molecule has 1 aromatic carbocycles. The Kier molecular flexibility index (Phi) is 1.25. The maximum absolute atomic E-state index is 4.14. The van der Waals surface area contributed by atoms with Gasteiger partial charge in [0.25, 0.3) is 0 Å². The first kappa shape index (κ1) is 6.78. The number of benzene rings is 1. The van der Waals surface area contributed by atoms with E-state index in [0.29, 0.717) is 0 Å². The SMILES string of the molecule is C1=Cc2cccc3cnnc(c23)C1. The number of aromatic nitrogens is 2. The quantitative estimate of drug-likeness (QED) is 0.602. The molecule has 1 aromatic heterocycles. The van der Waals surface area contributed by atoms with Crippen molar-refractivity contribution in [1.29, 1.82) is 0 Å². The summed E-state index contributed by atoms with van der Waals surface area (Å²) in [5, 5.41) is 10.6. The van der Waals surface area contributed by atoms with Crippen molar-refractivity contribution in [3.63, 3.8) is 0 Å². The van der Waals surface area contributed by atoms with Crippen molar-refractivity contribution < 1.29 is 0 Å². The van der Waals surface area contributed by atoms with Crippen LogP contribution in [0.4, 0.5) is 0 Å². The zero-order valence-electron chi connectivity index (χ0n) is 7.07. The summed E-state index contributed by atoms with van der Waals surface area (Å²) in [6.45, 7) is 0. The molecule has 1 heterocycles. The molecule has 13 heavy (non-hydrogen) atoms. The molecule has 0 unspecified atom stereocenters. The first-order chi connectivity index (χ1) is 6.45. The third-order valence-electron chi connectivity index (χ3n) is 2.40. The van der Waals surface area contributed by atoms with Crippen LogP contribution in [0.15, 0.2) is 30.5 Å². The van der Waals surface area contributed by atoms with Gasteiger partial charge in [-0.3, -0.25) is 0 Å². The highest BCUT2D eigenvalue weighted by Crippen LogP contribution is 2.25. The molecule has 0 N–H and O–H groups in total. The van der Waals surface area contributed by atoms with Crippen LogP contribution >= 0.6 is 0 Å². The second-order valence-corrected chi connectivity index (χ2v) is 3.21. The number of rotatable bonds is 0. The lowest BCUT2D eigenvalue weighted by molar-refractivity contribution is 0.968. The van der Waals surface area contributed by atoms with E-state index in [1.54, 1.807) is 0 Å². The summed E-state index contributed by atoms with van der Waals surface area (Å²) < 4.78 is 0. The second-order valence-electron chi connectivity index (χ2n) is 3.21. The molecule has 0 bridgehead atoms. The molecule has 0 radical (unpaired) electrons. The molecule has 2 nitrogen and oxygen atoms in total. The lowest BCUT2D eigenvalue weighted by atomic mass is 9.98. The van der Waals surface area contributed by atoms with E-state index in [9.17, 15) is 0 Å². The highest BCUT2D eigenvalue weighted by atomic mass is 15.1. The molecule has 2 heteroatoms. The fourth-order valence-electron chi connectivity index (χ4n) is 1.82. The fraction of sp³-hybridized carbons (Fsp3) is 0.0909. The third-order valence-corrected chi connectivity index (χ3v) is 2.40. The van der Waals surface area contributed by atoms with Gasteiger partial charge in [0.1, 0.15) is 0 Å². The molecule has 2 aromatic rings. The van der Waals surface area contributed by atoms with Gasteiger partial charge in [-0.1, -0.05) is 30.4 Å². The van der Waals surface area contributed by atoms with E-state index >= 15 is 0 Å². The van der Waals surface area contributed by atoms with E-state index in [0.717, 1.165) is 12.1 Å². The van der Waals surface area contributed by atoms with Crippen molar-refractivity contribution in [2.75, 3.05) is 0 Å². The number of nitrogens with zero attached hydrogens (tertiary/aromatic N) is 2. The van der Waals surface area contributed by atoms with E-state index in [1.165, 1.54) is 16.3 Å². The average molecular weight is 168 g/mol.